The van der Waals surface area contributed by atoms with Crippen molar-refractivity contribution in [2.24, 2.45) is 0 Å². The molecule has 4 N–H and O–H groups in total. The summed E-state index contributed by atoms with van der Waals surface area (Å²) in [4.78, 5) is 0. The minimum atomic E-state index is 0.282. The number of nitrogens with zero attached hydrogens (tertiary/aromatic N) is 1. The second kappa shape index (κ2) is 5.60. The van der Waals surface area contributed by atoms with Gasteiger partial charge in [0.15, 0.2) is 0 Å². The van der Waals surface area contributed by atoms with E-state index in [1.165, 1.54) is 0 Å². The fourth-order valence-electron chi connectivity index (χ4n) is 0.730. The number of H-pyrrole nitrogens is 1. The predicted molar refractivity (Wildman–Crippen MR) is 51.8 cm³/mol. The molecular weight excluding hydrogens is 152 g/mol. The first-order valence-electron chi connectivity index (χ1n) is 4.22. The highest BCUT2D eigenvalue weighted by atomic mass is 15.2. The second-order valence-electron chi connectivity index (χ2n) is 2.26. The van der Waals surface area contributed by atoms with Crippen LogP contribution in [0.2, 0.25) is 0 Å². The van der Waals surface area contributed by atoms with Gasteiger partial charge in [0.25, 0.3) is 0 Å². The highest BCUT2D eigenvalue weighted by molar-refractivity contribution is 5.29. The maximum absolute atomic E-state index is 5.40. The van der Waals surface area contributed by atoms with Crippen LogP contribution in [0.1, 0.15) is 32.5 Å². The van der Waals surface area contributed by atoms with E-state index in [-0.39, 0.29) is 6.04 Å². The Morgan fingerprint density at radius 1 is 1.58 bits per heavy atom. The van der Waals surface area contributed by atoms with Gasteiger partial charge in [0.2, 0.25) is 0 Å². The zero-order chi connectivity index (χ0) is 9.56. The van der Waals surface area contributed by atoms with E-state index >= 15 is 0 Å². The van der Waals surface area contributed by atoms with Crippen molar-refractivity contribution in [1.29, 1.82) is 0 Å². The van der Waals surface area contributed by atoms with E-state index in [0.29, 0.717) is 5.82 Å². The Morgan fingerprint density at radius 3 is 2.50 bits per heavy atom. The molecule has 0 aliphatic rings. The van der Waals surface area contributed by atoms with Crippen molar-refractivity contribution in [2.45, 2.75) is 26.8 Å². The van der Waals surface area contributed by atoms with Crippen LogP contribution in [0.4, 0.5) is 5.82 Å². The van der Waals surface area contributed by atoms with Crippen LogP contribution in [0.5, 0.6) is 0 Å². The number of nitrogens with two attached hydrogens (primary N) is 1. The molecule has 70 valence electrons. The molecule has 4 heteroatoms. The molecule has 0 spiro atoms. The van der Waals surface area contributed by atoms with Crippen molar-refractivity contribution in [3.05, 3.63) is 11.8 Å². The number of anilines is 1. The van der Waals surface area contributed by atoms with Gasteiger partial charge in [-0.3, -0.25) is 5.10 Å². The first kappa shape index (κ1) is 11.0. The Kier molecular flexibility index (Phi) is 5.12. The summed E-state index contributed by atoms with van der Waals surface area (Å²) in [5.74, 6) is 0.539. The molecule has 12 heavy (non-hydrogen) atoms. The molecule has 1 rings (SSSR count). The normalized spacial score (nSPS) is 11.7. The number of aromatic amines is 1. The van der Waals surface area contributed by atoms with Crippen LogP contribution in [0, 0.1) is 0 Å². The summed E-state index contributed by atoms with van der Waals surface area (Å²) in [5, 5.41) is 9.68. The third kappa shape index (κ3) is 2.92. The first-order chi connectivity index (χ1) is 5.74. The molecule has 1 heterocycles. The van der Waals surface area contributed by atoms with Gasteiger partial charge in [-0.15, -0.1) is 0 Å². The van der Waals surface area contributed by atoms with Gasteiger partial charge in [0.05, 0.1) is 5.69 Å². The molecule has 0 radical (unpaired) electrons. The molecule has 0 aromatic carbocycles. The average Bonchev–Trinajstić information content (AvgIpc) is 2.54. The number of hydrogen-bond acceptors (Lipinski definition) is 3. The van der Waals surface area contributed by atoms with E-state index in [1.54, 1.807) is 0 Å². The minimum Gasteiger partial charge on any atom is -0.382 e. The third-order valence-corrected chi connectivity index (χ3v) is 1.52. The number of aromatic nitrogens is 2. The van der Waals surface area contributed by atoms with Gasteiger partial charge in [-0.05, 0) is 14.0 Å². The Morgan fingerprint density at radius 2 is 2.17 bits per heavy atom. The van der Waals surface area contributed by atoms with Crippen molar-refractivity contribution in [2.75, 3.05) is 12.8 Å². The highest BCUT2D eigenvalue weighted by Crippen LogP contribution is 2.09. The molecule has 0 saturated carbocycles. The number of rotatable bonds is 2. The van der Waals surface area contributed by atoms with Crippen LogP contribution >= 0.6 is 0 Å². The van der Waals surface area contributed by atoms with Crippen molar-refractivity contribution in [3.63, 3.8) is 0 Å². The van der Waals surface area contributed by atoms with Crippen LogP contribution in [0.15, 0.2) is 6.07 Å². The first-order valence-corrected chi connectivity index (χ1v) is 4.22. The van der Waals surface area contributed by atoms with E-state index in [0.717, 1.165) is 5.69 Å². The van der Waals surface area contributed by atoms with Crippen LogP contribution in [-0.2, 0) is 0 Å². The summed E-state index contributed by atoms with van der Waals surface area (Å²) >= 11 is 0. The van der Waals surface area contributed by atoms with E-state index < -0.39 is 0 Å². The number of nitrogen functional groups attached to an aromatic ring is 1. The van der Waals surface area contributed by atoms with Crippen LogP contribution < -0.4 is 11.1 Å². The van der Waals surface area contributed by atoms with E-state index in [2.05, 4.69) is 15.5 Å². The summed E-state index contributed by atoms with van der Waals surface area (Å²) in [7, 11) is 1.89. The zero-order valence-electron chi connectivity index (χ0n) is 8.18. The maximum Gasteiger partial charge on any atom is 0.145 e. The van der Waals surface area contributed by atoms with E-state index in [1.807, 2.05) is 33.9 Å². The second-order valence-corrected chi connectivity index (χ2v) is 2.26. The fraction of sp³-hybridized carbons (Fsp3) is 0.625. The zero-order valence-corrected chi connectivity index (χ0v) is 8.18. The lowest BCUT2D eigenvalue weighted by Crippen LogP contribution is -2.12. The summed E-state index contributed by atoms with van der Waals surface area (Å²) in [6, 6.07) is 2.10. The standard InChI is InChI=1S/C6H12N4.C2H6/c1-4(8-2)5-3-6(7)10-9-5;1-2/h3-4,8H,1-2H3,(H3,7,9,10);1-2H3. The van der Waals surface area contributed by atoms with Gasteiger partial charge in [-0.1, -0.05) is 13.8 Å². The number of nitrogens with one attached hydrogen (secondary N) is 2. The lowest BCUT2D eigenvalue weighted by molar-refractivity contribution is 0.630. The Labute approximate surface area is 73.5 Å². The summed E-state index contributed by atoms with van der Waals surface area (Å²) in [5.41, 5.74) is 6.41. The van der Waals surface area contributed by atoms with Crippen molar-refractivity contribution < 1.29 is 0 Å². The van der Waals surface area contributed by atoms with Crippen molar-refractivity contribution >= 4 is 5.82 Å². The molecule has 1 atom stereocenters. The lowest BCUT2D eigenvalue weighted by Gasteiger charge is -2.04. The topological polar surface area (TPSA) is 66.7 Å². The molecule has 0 saturated heterocycles. The smallest absolute Gasteiger partial charge is 0.145 e. The van der Waals surface area contributed by atoms with Crippen LogP contribution in [-0.4, -0.2) is 17.2 Å². The molecule has 1 unspecified atom stereocenters. The molecule has 0 amide bonds. The predicted octanol–water partition coefficient (Wildman–Crippen LogP) is 1.30. The molecule has 1 aromatic rings. The van der Waals surface area contributed by atoms with Gasteiger partial charge in [-0.2, -0.15) is 5.10 Å². The molecule has 0 aliphatic heterocycles. The SMILES string of the molecule is CC.CNC(C)c1cc(N)n[nH]1. The van der Waals surface area contributed by atoms with Crippen molar-refractivity contribution in [3.8, 4) is 0 Å². The average molecular weight is 170 g/mol. The van der Waals surface area contributed by atoms with Gasteiger partial charge in [-0.25, -0.2) is 0 Å². The maximum atomic E-state index is 5.40. The van der Waals surface area contributed by atoms with Gasteiger partial charge >= 0.3 is 0 Å². The molecule has 4 nitrogen and oxygen atoms in total. The molecule has 1 aromatic heterocycles. The molecule has 0 fully saturated rings. The molecule has 0 aliphatic carbocycles. The lowest BCUT2D eigenvalue weighted by atomic mass is 10.2. The third-order valence-electron chi connectivity index (χ3n) is 1.52. The number of hydrogen-bond donors (Lipinski definition) is 3. The van der Waals surface area contributed by atoms with E-state index in [4.69, 9.17) is 5.73 Å². The van der Waals surface area contributed by atoms with Crippen molar-refractivity contribution in [1.82, 2.24) is 15.5 Å². The van der Waals surface area contributed by atoms with Gasteiger partial charge < -0.3 is 11.1 Å². The summed E-state index contributed by atoms with van der Waals surface area (Å²) in [6.07, 6.45) is 0. The molecular formula is C8H18N4. The Bertz CT molecular complexity index is 207. The summed E-state index contributed by atoms with van der Waals surface area (Å²) in [6.45, 7) is 6.03. The van der Waals surface area contributed by atoms with Gasteiger partial charge in [0, 0.05) is 12.1 Å². The quantitative estimate of drug-likeness (QED) is 0.626. The molecule has 0 bridgehead atoms. The van der Waals surface area contributed by atoms with E-state index in [9.17, 15) is 0 Å². The largest absolute Gasteiger partial charge is 0.382 e. The minimum absolute atomic E-state index is 0.282. The van der Waals surface area contributed by atoms with Gasteiger partial charge in [0.1, 0.15) is 5.82 Å². The van der Waals surface area contributed by atoms with Crippen LogP contribution in [0.3, 0.4) is 0 Å². The fourth-order valence-corrected chi connectivity index (χ4v) is 0.730. The Balaban J connectivity index is 0.000000561. The highest BCUT2D eigenvalue weighted by Gasteiger charge is 2.03. The van der Waals surface area contributed by atoms with Crippen LogP contribution in [0.25, 0.3) is 0 Å². The Hall–Kier alpha value is -1.03. The summed E-state index contributed by atoms with van der Waals surface area (Å²) < 4.78 is 0. The monoisotopic (exact) mass is 170 g/mol.